The van der Waals surface area contributed by atoms with E-state index >= 15 is 0 Å². The van der Waals surface area contributed by atoms with Crippen LogP contribution in [0.5, 0.6) is 0 Å². The lowest BCUT2D eigenvalue weighted by Gasteiger charge is -2.29. The van der Waals surface area contributed by atoms with Gasteiger partial charge in [0.15, 0.2) is 0 Å². The molecule has 2 aliphatic rings. The molecule has 11 heteroatoms. The van der Waals surface area contributed by atoms with Gasteiger partial charge in [-0.2, -0.15) is 0 Å². The van der Waals surface area contributed by atoms with E-state index in [1.165, 1.54) is 18.7 Å². The predicted octanol–water partition coefficient (Wildman–Crippen LogP) is 2.63. The second-order valence-corrected chi connectivity index (χ2v) is 11.2. The third kappa shape index (κ3) is 6.56. The fourth-order valence-corrected chi connectivity index (χ4v) is 5.60. The number of ether oxygens (including phenoxy) is 1. The van der Waals surface area contributed by atoms with Gasteiger partial charge in [0.05, 0.1) is 0 Å². The number of rotatable bonds is 10. The molecule has 4 amide bonds. The molecule has 1 saturated heterocycles. The number of amides is 4. The van der Waals surface area contributed by atoms with Crippen molar-refractivity contribution in [3.8, 4) is 11.1 Å². The SMILES string of the molecule is CC(C)[C@H](NC(=O)[C@H]1CCCN1C(=O)[C@H](C)NC(=O)[C@H](C)NC(=O)OCC1c2ccccc2-c2ccccc21)C(=O)O. The quantitative estimate of drug-likeness (QED) is 0.338. The van der Waals surface area contributed by atoms with Crippen LogP contribution in [0.2, 0.25) is 0 Å². The topological polar surface area (TPSA) is 154 Å². The van der Waals surface area contributed by atoms with E-state index in [0.717, 1.165) is 22.3 Å². The average Bonchev–Trinajstić information content (AvgIpc) is 3.57. The molecule has 0 aromatic heterocycles. The van der Waals surface area contributed by atoms with Gasteiger partial charge in [0.25, 0.3) is 0 Å². The molecule has 1 fully saturated rings. The predicted molar refractivity (Wildman–Crippen MR) is 154 cm³/mol. The maximum atomic E-state index is 13.1. The van der Waals surface area contributed by atoms with Gasteiger partial charge < -0.3 is 30.7 Å². The van der Waals surface area contributed by atoms with Crippen LogP contribution in [0, 0.1) is 5.92 Å². The number of carboxylic acids is 1. The maximum absolute atomic E-state index is 13.1. The van der Waals surface area contributed by atoms with Gasteiger partial charge in [-0.05, 0) is 54.9 Å². The lowest BCUT2D eigenvalue weighted by Crippen LogP contribution is -2.56. The van der Waals surface area contributed by atoms with Gasteiger partial charge in [-0.1, -0.05) is 62.4 Å². The Labute approximate surface area is 245 Å². The number of aliphatic carboxylic acids is 1. The molecule has 1 aliphatic carbocycles. The summed E-state index contributed by atoms with van der Waals surface area (Å²) in [5.41, 5.74) is 4.35. The molecule has 4 atom stereocenters. The Kier molecular flexibility index (Phi) is 9.49. The number of benzene rings is 2. The number of likely N-dealkylation sites (tertiary alicyclic amines) is 1. The molecule has 0 radical (unpaired) electrons. The molecule has 0 saturated carbocycles. The highest BCUT2D eigenvalue weighted by atomic mass is 16.5. The summed E-state index contributed by atoms with van der Waals surface area (Å²) in [6.45, 7) is 6.77. The Morgan fingerprint density at radius 1 is 0.881 bits per heavy atom. The van der Waals surface area contributed by atoms with Crippen LogP contribution in [0.15, 0.2) is 48.5 Å². The number of fused-ring (bicyclic) bond motifs is 3. The van der Waals surface area contributed by atoms with Crippen molar-refractivity contribution in [3.63, 3.8) is 0 Å². The third-order valence-corrected chi connectivity index (χ3v) is 7.87. The zero-order valence-electron chi connectivity index (χ0n) is 24.3. The van der Waals surface area contributed by atoms with Gasteiger partial charge in [0, 0.05) is 12.5 Å². The van der Waals surface area contributed by atoms with E-state index in [1.54, 1.807) is 13.8 Å². The van der Waals surface area contributed by atoms with Crippen LogP contribution in [0.25, 0.3) is 11.1 Å². The summed E-state index contributed by atoms with van der Waals surface area (Å²) < 4.78 is 5.51. The minimum atomic E-state index is -1.15. The van der Waals surface area contributed by atoms with Crippen LogP contribution in [0.3, 0.4) is 0 Å². The summed E-state index contributed by atoms with van der Waals surface area (Å²) in [5, 5.41) is 17.0. The van der Waals surface area contributed by atoms with Gasteiger partial charge >= 0.3 is 12.1 Å². The molecule has 1 heterocycles. The summed E-state index contributed by atoms with van der Waals surface area (Å²) in [7, 11) is 0. The monoisotopic (exact) mass is 578 g/mol. The normalized spacial score (nSPS) is 17.9. The van der Waals surface area contributed by atoms with Crippen LogP contribution in [-0.4, -0.2) is 77.1 Å². The van der Waals surface area contributed by atoms with Crippen LogP contribution in [0.1, 0.15) is 57.6 Å². The molecule has 0 spiro atoms. The number of alkyl carbamates (subject to hydrolysis) is 1. The zero-order chi connectivity index (χ0) is 30.6. The molecule has 2 aromatic rings. The molecule has 42 heavy (non-hydrogen) atoms. The van der Waals surface area contributed by atoms with E-state index in [0.29, 0.717) is 19.4 Å². The molecule has 4 N–H and O–H groups in total. The van der Waals surface area contributed by atoms with Crippen molar-refractivity contribution in [1.29, 1.82) is 0 Å². The largest absolute Gasteiger partial charge is 0.480 e. The third-order valence-electron chi connectivity index (χ3n) is 7.87. The Morgan fingerprint density at radius 2 is 1.48 bits per heavy atom. The lowest BCUT2D eigenvalue weighted by atomic mass is 9.98. The van der Waals surface area contributed by atoms with E-state index in [4.69, 9.17) is 4.74 Å². The van der Waals surface area contributed by atoms with Crippen molar-refractivity contribution in [3.05, 3.63) is 59.7 Å². The molecule has 0 unspecified atom stereocenters. The zero-order valence-corrected chi connectivity index (χ0v) is 24.3. The van der Waals surface area contributed by atoms with E-state index < -0.39 is 54.0 Å². The Hall–Kier alpha value is -4.41. The van der Waals surface area contributed by atoms with E-state index in [1.807, 2.05) is 48.5 Å². The standard InChI is InChI=1S/C31H38N4O7/c1-17(2)26(30(39)40)34-28(37)25-14-9-15-35(25)29(38)19(4)32-27(36)18(3)33-31(41)42-16-24-22-12-7-5-10-20(22)21-11-6-8-13-23(21)24/h5-8,10-13,17-19,24-26H,9,14-16H2,1-4H3,(H,32,36)(H,33,41)(H,34,37)(H,39,40)/t18-,19-,25+,26-/m0/s1. The molecule has 11 nitrogen and oxygen atoms in total. The first kappa shape index (κ1) is 30.5. The smallest absolute Gasteiger partial charge is 0.407 e. The van der Waals surface area contributed by atoms with Crippen LogP contribution in [-0.2, 0) is 23.9 Å². The van der Waals surface area contributed by atoms with Gasteiger partial charge in [0.2, 0.25) is 17.7 Å². The van der Waals surface area contributed by atoms with Crippen molar-refractivity contribution in [2.24, 2.45) is 5.92 Å². The number of carbonyl (C=O) groups excluding carboxylic acids is 4. The minimum absolute atomic E-state index is 0.0983. The van der Waals surface area contributed by atoms with Crippen LogP contribution >= 0.6 is 0 Å². The summed E-state index contributed by atoms with van der Waals surface area (Å²) in [6, 6.07) is 12.1. The highest BCUT2D eigenvalue weighted by Gasteiger charge is 2.38. The maximum Gasteiger partial charge on any atom is 0.407 e. The highest BCUT2D eigenvalue weighted by Crippen LogP contribution is 2.44. The first-order chi connectivity index (χ1) is 20.0. The molecule has 2 aromatic carbocycles. The van der Waals surface area contributed by atoms with Gasteiger partial charge in [-0.25, -0.2) is 9.59 Å². The highest BCUT2D eigenvalue weighted by molar-refractivity contribution is 5.94. The lowest BCUT2D eigenvalue weighted by molar-refractivity contribution is -0.145. The van der Waals surface area contributed by atoms with Crippen LogP contribution < -0.4 is 16.0 Å². The molecule has 4 rings (SSSR count). The number of hydrogen-bond acceptors (Lipinski definition) is 6. The van der Waals surface area contributed by atoms with Gasteiger partial charge in [-0.15, -0.1) is 0 Å². The van der Waals surface area contributed by atoms with Gasteiger partial charge in [0.1, 0.15) is 30.8 Å². The number of nitrogens with zero attached hydrogens (tertiary/aromatic N) is 1. The van der Waals surface area contributed by atoms with Crippen molar-refractivity contribution in [2.45, 2.75) is 70.6 Å². The van der Waals surface area contributed by atoms with Gasteiger partial charge in [-0.3, -0.25) is 14.4 Å². The average molecular weight is 579 g/mol. The molecule has 1 aliphatic heterocycles. The van der Waals surface area contributed by atoms with Crippen molar-refractivity contribution >= 4 is 29.8 Å². The van der Waals surface area contributed by atoms with Crippen molar-refractivity contribution < 1.29 is 33.8 Å². The number of carbonyl (C=O) groups is 5. The second kappa shape index (κ2) is 13.1. The molecule has 0 bridgehead atoms. The summed E-state index contributed by atoms with van der Waals surface area (Å²) >= 11 is 0. The fraction of sp³-hybridized carbons (Fsp3) is 0.452. The minimum Gasteiger partial charge on any atom is -0.480 e. The van der Waals surface area contributed by atoms with Crippen molar-refractivity contribution in [2.75, 3.05) is 13.2 Å². The van der Waals surface area contributed by atoms with Crippen LogP contribution in [0.4, 0.5) is 4.79 Å². The Bertz CT molecular complexity index is 1310. The van der Waals surface area contributed by atoms with E-state index in [-0.39, 0.29) is 18.4 Å². The first-order valence-corrected chi connectivity index (χ1v) is 14.2. The number of nitrogens with one attached hydrogen (secondary N) is 3. The summed E-state index contributed by atoms with van der Waals surface area (Å²) in [5.74, 6) is -3.19. The van der Waals surface area contributed by atoms with E-state index in [9.17, 15) is 29.1 Å². The summed E-state index contributed by atoms with van der Waals surface area (Å²) in [6.07, 6.45) is 0.208. The fourth-order valence-electron chi connectivity index (χ4n) is 5.60. The first-order valence-electron chi connectivity index (χ1n) is 14.2. The number of carboxylic acid groups (broad SMARTS) is 1. The summed E-state index contributed by atoms with van der Waals surface area (Å²) in [4.78, 5) is 64.2. The second-order valence-electron chi connectivity index (χ2n) is 11.2. The number of hydrogen-bond donors (Lipinski definition) is 4. The molecular weight excluding hydrogens is 540 g/mol. The van der Waals surface area contributed by atoms with Crippen molar-refractivity contribution in [1.82, 2.24) is 20.9 Å². The van der Waals surface area contributed by atoms with E-state index in [2.05, 4.69) is 16.0 Å². The molecule has 224 valence electrons. The Balaban J connectivity index is 1.28. The Morgan fingerprint density at radius 3 is 2.05 bits per heavy atom. The molecular formula is C31H38N4O7.